The smallest absolute Gasteiger partial charge is 0.262 e. The number of methoxy groups -OCH3 is 1. The fraction of sp³-hybridized carbons (Fsp3) is 0.0952. The first-order chi connectivity index (χ1) is 12.7. The highest BCUT2D eigenvalue weighted by Crippen LogP contribution is 2.28. The van der Waals surface area contributed by atoms with Gasteiger partial charge in [0.15, 0.2) is 6.61 Å². The molecule has 0 aliphatic heterocycles. The van der Waals surface area contributed by atoms with Gasteiger partial charge in [0.2, 0.25) is 0 Å². The van der Waals surface area contributed by atoms with Crippen molar-refractivity contribution in [2.45, 2.75) is 0 Å². The lowest BCUT2D eigenvalue weighted by atomic mass is 10.1. The van der Waals surface area contributed by atoms with Crippen molar-refractivity contribution in [1.29, 1.82) is 0 Å². The number of hydrogen-bond acceptors (Lipinski definition) is 3. The predicted molar refractivity (Wildman–Crippen MR) is 103 cm³/mol. The second-order valence-electron chi connectivity index (χ2n) is 5.94. The van der Waals surface area contributed by atoms with E-state index in [4.69, 9.17) is 9.47 Å². The Bertz CT molecular complexity index is 1070. The molecule has 4 rings (SSSR count). The van der Waals surface area contributed by atoms with E-state index in [2.05, 4.69) is 16.4 Å². The van der Waals surface area contributed by atoms with Gasteiger partial charge in [-0.15, -0.1) is 0 Å². The van der Waals surface area contributed by atoms with E-state index in [9.17, 15) is 4.79 Å². The van der Waals surface area contributed by atoms with Crippen molar-refractivity contribution in [1.82, 2.24) is 4.98 Å². The minimum absolute atomic E-state index is 0.0578. The maximum atomic E-state index is 12.1. The molecule has 1 heterocycles. The fourth-order valence-electron chi connectivity index (χ4n) is 2.94. The third-order valence-corrected chi connectivity index (χ3v) is 4.22. The number of H-pyrrole nitrogens is 1. The van der Waals surface area contributed by atoms with Gasteiger partial charge in [0, 0.05) is 28.0 Å². The van der Waals surface area contributed by atoms with Gasteiger partial charge in [-0.05, 0) is 42.5 Å². The quantitative estimate of drug-likeness (QED) is 0.565. The first-order valence-corrected chi connectivity index (χ1v) is 8.30. The number of amides is 1. The van der Waals surface area contributed by atoms with Gasteiger partial charge in [0.1, 0.15) is 11.5 Å². The lowest BCUT2D eigenvalue weighted by molar-refractivity contribution is -0.118. The van der Waals surface area contributed by atoms with Gasteiger partial charge in [-0.2, -0.15) is 0 Å². The zero-order valence-electron chi connectivity index (χ0n) is 14.3. The van der Waals surface area contributed by atoms with Crippen molar-refractivity contribution in [3.63, 3.8) is 0 Å². The number of para-hydroxylation sites is 1. The van der Waals surface area contributed by atoms with Crippen LogP contribution in [-0.2, 0) is 4.79 Å². The molecule has 0 aliphatic carbocycles. The van der Waals surface area contributed by atoms with E-state index in [1.807, 2.05) is 36.4 Å². The minimum atomic E-state index is -0.216. The monoisotopic (exact) mass is 346 g/mol. The van der Waals surface area contributed by atoms with E-state index in [1.165, 1.54) is 5.39 Å². The molecule has 4 aromatic rings. The number of benzene rings is 3. The van der Waals surface area contributed by atoms with Crippen molar-refractivity contribution < 1.29 is 14.3 Å². The van der Waals surface area contributed by atoms with Crippen LogP contribution in [-0.4, -0.2) is 24.6 Å². The van der Waals surface area contributed by atoms with Crippen molar-refractivity contribution in [3.05, 3.63) is 66.7 Å². The number of anilines is 1. The molecule has 5 heteroatoms. The molecule has 5 nitrogen and oxygen atoms in total. The maximum absolute atomic E-state index is 12.1. The largest absolute Gasteiger partial charge is 0.497 e. The summed E-state index contributed by atoms with van der Waals surface area (Å²) in [7, 11) is 1.60. The molecule has 0 saturated carbocycles. The van der Waals surface area contributed by atoms with Crippen LogP contribution in [0, 0.1) is 0 Å². The highest BCUT2D eigenvalue weighted by atomic mass is 16.5. The van der Waals surface area contributed by atoms with Gasteiger partial charge < -0.3 is 19.8 Å². The summed E-state index contributed by atoms with van der Waals surface area (Å²) in [6, 6.07) is 21.1. The second-order valence-corrected chi connectivity index (χ2v) is 5.94. The van der Waals surface area contributed by atoms with Gasteiger partial charge in [-0.25, -0.2) is 0 Å². The predicted octanol–water partition coefficient (Wildman–Crippen LogP) is 4.35. The first kappa shape index (κ1) is 16.0. The Morgan fingerprint density at radius 2 is 1.65 bits per heavy atom. The maximum Gasteiger partial charge on any atom is 0.262 e. The molecule has 0 spiro atoms. The summed E-state index contributed by atoms with van der Waals surface area (Å²) >= 11 is 0. The van der Waals surface area contributed by atoms with Crippen LogP contribution in [0.25, 0.3) is 21.8 Å². The molecule has 1 amide bonds. The van der Waals surface area contributed by atoms with Crippen LogP contribution in [0.1, 0.15) is 0 Å². The Labute approximate surface area is 150 Å². The molecule has 0 radical (unpaired) electrons. The number of carbonyl (C=O) groups excluding carboxylic acids is 1. The number of fused-ring (bicyclic) bond motifs is 3. The third-order valence-electron chi connectivity index (χ3n) is 4.22. The summed E-state index contributed by atoms with van der Waals surface area (Å²) in [5, 5.41) is 5.10. The standard InChI is InChI=1S/C21H18N2O3/c1-25-15-8-6-14(7-9-15)22-21(24)13-26-16-10-11-18-17-4-2-3-5-19(17)23-20(18)12-16/h2-12,23H,13H2,1H3,(H,22,24). The molecular formula is C21H18N2O3. The molecule has 26 heavy (non-hydrogen) atoms. The zero-order chi connectivity index (χ0) is 17.9. The van der Waals surface area contributed by atoms with E-state index in [0.717, 1.165) is 22.2 Å². The average molecular weight is 346 g/mol. The highest BCUT2D eigenvalue weighted by Gasteiger charge is 2.07. The van der Waals surface area contributed by atoms with Crippen molar-refractivity contribution in [2.24, 2.45) is 0 Å². The van der Waals surface area contributed by atoms with Crippen molar-refractivity contribution >= 4 is 33.4 Å². The molecule has 0 saturated heterocycles. The molecule has 3 aromatic carbocycles. The van der Waals surface area contributed by atoms with E-state index < -0.39 is 0 Å². The second kappa shape index (κ2) is 6.80. The van der Waals surface area contributed by atoms with E-state index in [-0.39, 0.29) is 12.5 Å². The normalized spacial score (nSPS) is 10.8. The number of aromatic amines is 1. The molecule has 0 fully saturated rings. The molecule has 0 atom stereocenters. The Balaban J connectivity index is 1.43. The van der Waals surface area contributed by atoms with Gasteiger partial charge in [0.05, 0.1) is 12.6 Å². The van der Waals surface area contributed by atoms with Gasteiger partial charge in [0.25, 0.3) is 5.91 Å². The summed E-state index contributed by atoms with van der Waals surface area (Å²) in [5.74, 6) is 1.17. The van der Waals surface area contributed by atoms with Crippen LogP contribution in [0.2, 0.25) is 0 Å². The van der Waals surface area contributed by atoms with Gasteiger partial charge in [-0.1, -0.05) is 18.2 Å². The van der Waals surface area contributed by atoms with Crippen LogP contribution >= 0.6 is 0 Å². The fourth-order valence-corrected chi connectivity index (χ4v) is 2.94. The highest BCUT2D eigenvalue weighted by molar-refractivity contribution is 6.07. The van der Waals surface area contributed by atoms with Crippen LogP contribution in [0.4, 0.5) is 5.69 Å². The summed E-state index contributed by atoms with van der Waals surface area (Å²) in [6.07, 6.45) is 0. The summed E-state index contributed by atoms with van der Waals surface area (Å²) in [4.78, 5) is 15.4. The van der Waals surface area contributed by atoms with Gasteiger partial charge >= 0.3 is 0 Å². The van der Waals surface area contributed by atoms with Crippen molar-refractivity contribution in [3.8, 4) is 11.5 Å². The average Bonchev–Trinajstić information content (AvgIpc) is 3.05. The number of nitrogens with one attached hydrogen (secondary N) is 2. The number of rotatable bonds is 5. The Morgan fingerprint density at radius 3 is 2.46 bits per heavy atom. The van der Waals surface area contributed by atoms with Crippen LogP contribution in [0.3, 0.4) is 0 Å². The summed E-state index contributed by atoms with van der Waals surface area (Å²) < 4.78 is 10.7. The summed E-state index contributed by atoms with van der Waals surface area (Å²) in [5.41, 5.74) is 2.77. The lowest BCUT2D eigenvalue weighted by Crippen LogP contribution is -2.20. The lowest BCUT2D eigenvalue weighted by Gasteiger charge is -2.08. The Kier molecular flexibility index (Phi) is 4.19. The van der Waals surface area contributed by atoms with E-state index in [0.29, 0.717) is 11.4 Å². The number of hydrogen-bond donors (Lipinski definition) is 2. The topological polar surface area (TPSA) is 63.4 Å². The van der Waals surface area contributed by atoms with E-state index >= 15 is 0 Å². The number of aromatic nitrogens is 1. The van der Waals surface area contributed by atoms with Crippen molar-refractivity contribution in [2.75, 3.05) is 19.0 Å². The number of ether oxygens (including phenoxy) is 2. The molecule has 130 valence electrons. The molecular weight excluding hydrogens is 328 g/mol. The molecule has 1 aromatic heterocycles. The molecule has 0 unspecified atom stereocenters. The van der Waals surface area contributed by atoms with Crippen LogP contribution in [0.15, 0.2) is 66.7 Å². The first-order valence-electron chi connectivity index (χ1n) is 8.30. The van der Waals surface area contributed by atoms with Crippen LogP contribution < -0.4 is 14.8 Å². The van der Waals surface area contributed by atoms with Crippen LogP contribution in [0.5, 0.6) is 11.5 Å². The number of carbonyl (C=O) groups is 1. The van der Waals surface area contributed by atoms with Gasteiger partial charge in [-0.3, -0.25) is 4.79 Å². The zero-order valence-corrected chi connectivity index (χ0v) is 14.3. The SMILES string of the molecule is COc1ccc(NC(=O)COc2ccc3c(c2)[nH]c2ccccc23)cc1. The third kappa shape index (κ3) is 3.19. The summed E-state index contributed by atoms with van der Waals surface area (Å²) in [6.45, 7) is -0.0578. The molecule has 0 bridgehead atoms. The molecule has 0 aliphatic rings. The van der Waals surface area contributed by atoms with E-state index in [1.54, 1.807) is 31.4 Å². The Morgan fingerprint density at radius 1 is 0.923 bits per heavy atom. The Hall–Kier alpha value is -3.47. The molecule has 2 N–H and O–H groups in total. The minimum Gasteiger partial charge on any atom is -0.497 e.